The molecule has 1 spiro atoms. The molecule has 0 saturated carbocycles. The summed E-state index contributed by atoms with van der Waals surface area (Å²) in [6.07, 6.45) is 4.38. The molecule has 9 rings (SSSR count). The molecular formula is C34H25N2+. The maximum Gasteiger partial charge on any atom is 0.239 e. The van der Waals surface area contributed by atoms with Gasteiger partial charge in [-0.05, 0) is 58.5 Å². The molecular weight excluding hydrogens is 436 g/mol. The van der Waals surface area contributed by atoms with E-state index in [1.807, 2.05) is 0 Å². The quantitative estimate of drug-likeness (QED) is 0.264. The molecule has 5 aromatic rings. The molecule has 2 nitrogen and oxygen atoms in total. The third-order valence-corrected chi connectivity index (χ3v) is 9.13. The molecule has 2 unspecified atom stereocenters. The van der Waals surface area contributed by atoms with E-state index in [2.05, 4.69) is 119 Å². The summed E-state index contributed by atoms with van der Waals surface area (Å²) in [5.74, 6) is 0.284. The van der Waals surface area contributed by atoms with Crippen molar-refractivity contribution in [1.82, 2.24) is 0 Å². The lowest BCUT2D eigenvalue weighted by Crippen LogP contribution is -2.66. The van der Waals surface area contributed by atoms with E-state index in [4.69, 9.17) is 0 Å². The number of anilines is 2. The minimum Gasteiger partial charge on any atom is -0.333 e. The summed E-state index contributed by atoms with van der Waals surface area (Å²) in [7, 11) is 0. The Morgan fingerprint density at radius 1 is 0.611 bits per heavy atom. The highest BCUT2D eigenvalue weighted by molar-refractivity contribution is 5.78. The van der Waals surface area contributed by atoms with Crippen LogP contribution in [0.2, 0.25) is 0 Å². The summed E-state index contributed by atoms with van der Waals surface area (Å²) < 4.78 is 2.69. The average Bonchev–Trinajstić information content (AvgIpc) is 3.28. The Bertz CT molecular complexity index is 1730. The van der Waals surface area contributed by atoms with Crippen LogP contribution in [0.25, 0.3) is 0 Å². The number of hydrogen-bond donors (Lipinski definition) is 0. The predicted molar refractivity (Wildman–Crippen MR) is 142 cm³/mol. The SMILES string of the molecule is c1ccc(N2CC34c5c(cccc5C5c6ccccc6Cc6ccc[n+]3c65)Cc3cccc2c34)cc1. The van der Waals surface area contributed by atoms with Gasteiger partial charge in [-0.2, -0.15) is 4.57 Å². The number of pyridine rings is 1. The highest BCUT2D eigenvalue weighted by Crippen LogP contribution is 2.57. The number of fused-ring (bicyclic) bond motifs is 3. The van der Waals surface area contributed by atoms with Crippen LogP contribution < -0.4 is 9.47 Å². The van der Waals surface area contributed by atoms with Gasteiger partial charge in [0.1, 0.15) is 0 Å². The maximum absolute atomic E-state index is 2.69. The number of rotatable bonds is 1. The van der Waals surface area contributed by atoms with Crippen LogP contribution in [0.4, 0.5) is 11.4 Å². The van der Waals surface area contributed by atoms with E-state index in [0.29, 0.717) is 0 Å². The molecule has 2 heteroatoms. The number of aromatic nitrogens is 1. The molecule has 0 radical (unpaired) electrons. The summed E-state index contributed by atoms with van der Waals surface area (Å²) in [5, 5.41) is 0. The minimum atomic E-state index is -0.222. The van der Waals surface area contributed by atoms with E-state index < -0.39 is 0 Å². The summed E-state index contributed by atoms with van der Waals surface area (Å²) in [6, 6.07) is 38.8. The topological polar surface area (TPSA) is 7.12 Å². The summed E-state index contributed by atoms with van der Waals surface area (Å²) >= 11 is 0. The first-order valence-corrected chi connectivity index (χ1v) is 13.0. The van der Waals surface area contributed by atoms with Crippen molar-refractivity contribution in [2.45, 2.75) is 24.3 Å². The number of para-hydroxylation sites is 1. The predicted octanol–water partition coefficient (Wildman–Crippen LogP) is 6.22. The minimum absolute atomic E-state index is 0.222. The molecule has 4 aliphatic rings. The first-order valence-electron chi connectivity index (χ1n) is 13.0. The normalized spacial score (nSPS) is 21.3. The van der Waals surface area contributed by atoms with E-state index in [0.717, 1.165) is 19.4 Å². The van der Waals surface area contributed by atoms with Crippen molar-refractivity contribution in [3.8, 4) is 0 Å². The molecule has 0 saturated heterocycles. The van der Waals surface area contributed by atoms with E-state index in [-0.39, 0.29) is 11.5 Å². The highest BCUT2D eigenvalue weighted by Gasteiger charge is 2.62. The van der Waals surface area contributed by atoms with Gasteiger partial charge < -0.3 is 4.90 Å². The second kappa shape index (κ2) is 6.53. The Kier molecular flexibility index (Phi) is 3.46. The molecule has 2 atom stereocenters. The lowest BCUT2D eigenvalue weighted by molar-refractivity contribution is -0.750. The molecule has 4 aromatic carbocycles. The molecule has 36 heavy (non-hydrogen) atoms. The van der Waals surface area contributed by atoms with Gasteiger partial charge >= 0.3 is 0 Å². The van der Waals surface area contributed by atoms with Crippen molar-refractivity contribution < 1.29 is 4.57 Å². The maximum atomic E-state index is 2.69. The van der Waals surface area contributed by atoms with Crippen molar-refractivity contribution in [3.63, 3.8) is 0 Å². The van der Waals surface area contributed by atoms with Gasteiger partial charge in [0.15, 0.2) is 11.9 Å². The molecule has 1 aromatic heterocycles. The van der Waals surface area contributed by atoms with Crippen molar-refractivity contribution in [1.29, 1.82) is 0 Å². The van der Waals surface area contributed by atoms with Gasteiger partial charge in [-0.15, -0.1) is 0 Å². The number of benzene rings is 4. The first kappa shape index (κ1) is 19.1. The van der Waals surface area contributed by atoms with E-state index >= 15 is 0 Å². The lowest BCUT2D eigenvalue weighted by Gasteiger charge is -2.42. The average molecular weight is 462 g/mol. The molecule has 0 amide bonds. The Balaban J connectivity index is 1.43. The third kappa shape index (κ3) is 2.13. The molecule has 0 fully saturated rings. The molecule has 2 aliphatic heterocycles. The van der Waals surface area contributed by atoms with Gasteiger partial charge in [0.25, 0.3) is 0 Å². The second-order valence-electron chi connectivity index (χ2n) is 10.7. The Morgan fingerprint density at radius 3 is 2.22 bits per heavy atom. The standard InChI is InChI=1S/C34H25N2/c1-2-13-26(14-3-1)35-21-34-31-23(20-24-11-7-17-29(35)32(24)34)10-6-16-28(31)30-27-15-5-4-9-22(27)19-25-12-8-18-36(34)33(25)30/h1-18,30H,19-21H2/q+1. The van der Waals surface area contributed by atoms with Crippen LogP contribution in [0, 0.1) is 0 Å². The Labute approximate surface area is 211 Å². The molecule has 0 N–H and O–H groups in total. The van der Waals surface area contributed by atoms with Gasteiger partial charge in [-0.25, -0.2) is 0 Å². The first-order chi connectivity index (χ1) is 17.8. The van der Waals surface area contributed by atoms with Gasteiger partial charge in [-0.3, -0.25) is 0 Å². The fourth-order valence-corrected chi connectivity index (χ4v) is 7.92. The van der Waals surface area contributed by atoms with E-state index in [1.165, 1.54) is 56.0 Å². The van der Waals surface area contributed by atoms with E-state index in [1.54, 1.807) is 5.56 Å². The van der Waals surface area contributed by atoms with Crippen molar-refractivity contribution >= 4 is 11.4 Å². The molecule has 0 bridgehead atoms. The van der Waals surface area contributed by atoms with Gasteiger partial charge in [-0.1, -0.05) is 72.8 Å². The highest BCUT2D eigenvalue weighted by atomic mass is 15.3. The van der Waals surface area contributed by atoms with Crippen molar-refractivity contribution in [3.05, 3.63) is 160 Å². The number of hydrogen-bond acceptors (Lipinski definition) is 1. The van der Waals surface area contributed by atoms with Crippen molar-refractivity contribution in [2.24, 2.45) is 0 Å². The monoisotopic (exact) mass is 461 g/mol. The zero-order chi connectivity index (χ0) is 23.4. The van der Waals surface area contributed by atoms with Crippen LogP contribution in [0.1, 0.15) is 56.1 Å². The largest absolute Gasteiger partial charge is 0.333 e. The summed E-state index contributed by atoms with van der Waals surface area (Å²) in [6.45, 7) is 0.920. The van der Waals surface area contributed by atoms with Crippen LogP contribution >= 0.6 is 0 Å². The smallest absolute Gasteiger partial charge is 0.239 e. The fourth-order valence-electron chi connectivity index (χ4n) is 7.92. The Hall–Kier alpha value is -4.17. The summed E-state index contributed by atoms with van der Waals surface area (Å²) in [5.41, 5.74) is 15.8. The molecule has 3 heterocycles. The van der Waals surface area contributed by atoms with Crippen LogP contribution in [0.15, 0.2) is 109 Å². The Morgan fingerprint density at radius 2 is 1.31 bits per heavy atom. The molecule has 170 valence electrons. The fraction of sp³-hybridized carbons (Fsp3) is 0.147. The third-order valence-electron chi connectivity index (χ3n) is 9.13. The summed E-state index contributed by atoms with van der Waals surface area (Å²) in [4.78, 5) is 2.56. The van der Waals surface area contributed by atoms with Crippen LogP contribution in [0.3, 0.4) is 0 Å². The number of nitrogens with zero attached hydrogens (tertiary/aromatic N) is 2. The zero-order valence-corrected chi connectivity index (χ0v) is 20.0. The van der Waals surface area contributed by atoms with Gasteiger partial charge in [0.2, 0.25) is 5.54 Å². The van der Waals surface area contributed by atoms with Gasteiger partial charge in [0, 0.05) is 29.3 Å². The van der Waals surface area contributed by atoms with Gasteiger partial charge in [0.05, 0.1) is 23.7 Å². The van der Waals surface area contributed by atoms with Crippen LogP contribution in [0.5, 0.6) is 0 Å². The lowest BCUT2D eigenvalue weighted by atomic mass is 9.64. The second-order valence-corrected chi connectivity index (χ2v) is 10.7. The molecule has 2 aliphatic carbocycles. The van der Waals surface area contributed by atoms with Crippen LogP contribution in [-0.4, -0.2) is 6.54 Å². The zero-order valence-electron chi connectivity index (χ0n) is 20.0. The van der Waals surface area contributed by atoms with Crippen molar-refractivity contribution in [2.75, 3.05) is 11.4 Å². The van der Waals surface area contributed by atoms with E-state index in [9.17, 15) is 0 Å². The van der Waals surface area contributed by atoms with Crippen LogP contribution in [-0.2, 0) is 18.4 Å².